The van der Waals surface area contributed by atoms with Gasteiger partial charge in [-0.05, 0) is 36.2 Å². The molecule has 11 heteroatoms. The predicted molar refractivity (Wildman–Crippen MR) is 136 cm³/mol. The Labute approximate surface area is 205 Å². The van der Waals surface area contributed by atoms with Crippen molar-refractivity contribution >= 4 is 34.9 Å². The lowest BCUT2D eigenvalue weighted by Gasteiger charge is -2.16. The van der Waals surface area contributed by atoms with E-state index in [4.69, 9.17) is 16.3 Å². The molecule has 0 saturated carbocycles. The van der Waals surface area contributed by atoms with Gasteiger partial charge in [-0.1, -0.05) is 41.9 Å². The Morgan fingerprint density at radius 1 is 1.14 bits per heavy atom. The number of rotatable bonds is 8. The first-order valence-electron chi connectivity index (χ1n) is 10.8. The number of anilines is 1. The van der Waals surface area contributed by atoms with Crippen LogP contribution in [0.5, 0.6) is 5.75 Å². The van der Waals surface area contributed by atoms with Gasteiger partial charge in [0.25, 0.3) is 5.56 Å². The summed E-state index contributed by atoms with van der Waals surface area (Å²) in [6.07, 6.45) is 0.587. The Kier molecular flexibility index (Phi) is 7.04. The quantitative estimate of drug-likeness (QED) is 0.285. The second kappa shape index (κ2) is 10.2. The number of aromatic nitrogens is 4. The molecule has 0 aliphatic heterocycles. The van der Waals surface area contributed by atoms with E-state index in [9.17, 15) is 14.7 Å². The summed E-state index contributed by atoms with van der Waals surface area (Å²) in [5.41, 5.74) is 3.85. The number of nitrogens with zero attached hydrogens (tertiary/aromatic N) is 5. The van der Waals surface area contributed by atoms with Gasteiger partial charge in [0.15, 0.2) is 11.2 Å². The average Bonchev–Trinajstić information content (AvgIpc) is 3.20. The Morgan fingerprint density at radius 2 is 1.86 bits per heavy atom. The summed E-state index contributed by atoms with van der Waals surface area (Å²) in [5.74, 6) is 0.852. The molecular weight excluding hydrogens is 472 g/mol. The van der Waals surface area contributed by atoms with Gasteiger partial charge in [-0.2, -0.15) is 10.1 Å². The van der Waals surface area contributed by atoms with Crippen molar-refractivity contribution in [2.75, 3.05) is 12.0 Å². The zero-order chi connectivity index (χ0) is 25.1. The third-order valence-corrected chi connectivity index (χ3v) is 5.77. The molecule has 0 radical (unpaired) electrons. The van der Waals surface area contributed by atoms with Crippen LogP contribution < -0.4 is 21.4 Å². The van der Waals surface area contributed by atoms with Crippen LogP contribution >= 0.6 is 11.6 Å². The number of halogens is 1. The Morgan fingerprint density at radius 3 is 2.57 bits per heavy atom. The summed E-state index contributed by atoms with van der Waals surface area (Å²) < 4.78 is 9.54. The van der Waals surface area contributed by atoms with E-state index in [1.807, 2.05) is 31.2 Å². The molecular formula is C24H25ClN6O4. The monoisotopic (exact) mass is 496 g/mol. The molecule has 0 bridgehead atoms. The molecule has 0 saturated heterocycles. The van der Waals surface area contributed by atoms with E-state index in [1.54, 1.807) is 30.5 Å². The van der Waals surface area contributed by atoms with E-state index in [0.717, 1.165) is 15.7 Å². The van der Waals surface area contributed by atoms with Crippen molar-refractivity contribution < 1.29 is 9.84 Å². The lowest BCUT2D eigenvalue weighted by Crippen LogP contribution is -2.38. The van der Waals surface area contributed by atoms with E-state index in [0.29, 0.717) is 10.8 Å². The standard InChI is InChI=1S/C24H25ClN6O4/c1-15-6-4-5-7-19(15)35-14-18(32)13-31-20-21(29(2)24(34)30(3)22(20)33)27-23(31)28-26-12-16-8-10-17(25)11-9-16/h4-12,18,32H,13-14H2,1-3H3,(H,27,28). The maximum Gasteiger partial charge on any atom is 0.332 e. The summed E-state index contributed by atoms with van der Waals surface area (Å²) in [6.45, 7) is 1.88. The van der Waals surface area contributed by atoms with E-state index in [2.05, 4.69) is 15.5 Å². The number of nitrogens with one attached hydrogen (secondary N) is 1. The van der Waals surface area contributed by atoms with Gasteiger partial charge in [-0.3, -0.25) is 13.9 Å². The molecule has 1 atom stereocenters. The summed E-state index contributed by atoms with van der Waals surface area (Å²) in [5, 5.41) is 15.6. The average molecular weight is 497 g/mol. The Balaban J connectivity index is 1.66. The second-order valence-electron chi connectivity index (χ2n) is 8.08. The molecule has 2 heterocycles. The van der Waals surface area contributed by atoms with E-state index in [-0.39, 0.29) is 30.3 Å². The van der Waals surface area contributed by atoms with Gasteiger partial charge in [-0.25, -0.2) is 10.2 Å². The molecule has 182 valence electrons. The number of aryl methyl sites for hydroxylation is 2. The highest BCUT2D eigenvalue weighted by molar-refractivity contribution is 6.30. The maximum absolute atomic E-state index is 13.0. The number of benzene rings is 2. The first-order chi connectivity index (χ1) is 16.8. The van der Waals surface area contributed by atoms with Crippen molar-refractivity contribution in [2.24, 2.45) is 19.2 Å². The topological polar surface area (TPSA) is 116 Å². The maximum atomic E-state index is 13.0. The molecule has 0 aliphatic rings. The van der Waals surface area contributed by atoms with Gasteiger partial charge in [0.2, 0.25) is 5.95 Å². The molecule has 1 unspecified atom stereocenters. The van der Waals surface area contributed by atoms with Gasteiger partial charge in [0.05, 0.1) is 12.8 Å². The lowest BCUT2D eigenvalue weighted by atomic mass is 10.2. The number of imidazole rings is 1. The summed E-state index contributed by atoms with van der Waals surface area (Å²) in [7, 11) is 2.92. The van der Waals surface area contributed by atoms with Crippen molar-refractivity contribution in [3.05, 3.63) is 85.5 Å². The van der Waals surface area contributed by atoms with Gasteiger partial charge in [0, 0.05) is 19.1 Å². The highest BCUT2D eigenvalue weighted by Crippen LogP contribution is 2.19. The molecule has 0 amide bonds. The molecule has 35 heavy (non-hydrogen) atoms. The number of hydrazone groups is 1. The highest BCUT2D eigenvalue weighted by Gasteiger charge is 2.21. The molecule has 2 N–H and O–H groups in total. The SMILES string of the molecule is Cc1ccccc1OCC(O)Cn1c(NN=Cc2ccc(Cl)cc2)nc2c1c(=O)n(C)c(=O)n2C. The zero-order valence-corrected chi connectivity index (χ0v) is 20.2. The van der Waals surface area contributed by atoms with Crippen molar-refractivity contribution in [3.8, 4) is 5.75 Å². The first-order valence-corrected chi connectivity index (χ1v) is 11.2. The third-order valence-electron chi connectivity index (χ3n) is 5.51. The minimum Gasteiger partial charge on any atom is -0.491 e. The first kappa shape index (κ1) is 24.2. The largest absolute Gasteiger partial charge is 0.491 e. The molecule has 0 aliphatic carbocycles. The van der Waals surface area contributed by atoms with Crippen LogP contribution in [0.15, 0.2) is 63.2 Å². The minimum absolute atomic E-state index is 0.00983. The fourth-order valence-corrected chi connectivity index (χ4v) is 3.72. The van der Waals surface area contributed by atoms with Crippen LogP contribution in [0, 0.1) is 6.92 Å². The van der Waals surface area contributed by atoms with Crippen molar-refractivity contribution in [1.82, 2.24) is 18.7 Å². The fourth-order valence-electron chi connectivity index (χ4n) is 3.59. The van der Waals surface area contributed by atoms with Crippen LogP contribution in [0.1, 0.15) is 11.1 Å². The zero-order valence-electron chi connectivity index (χ0n) is 19.5. The molecule has 2 aromatic carbocycles. The number of para-hydroxylation sites is 1. The number of ether oxygens (including phenoxy) is 1. The number of aliphatic hydroxyl groups is 1. The summed E-state index contributed by atoms with van der Waals surface area (Å²) >= 11 is 5.92. The van der Waals surface area contributed by atoms with Crippen LogP contribution in [0.2, 0.25) is 5.02 Å². The van der Waals surface area contributed by atoms with Crippen LogP contribution in [-0.2, 0) is 20.6 Å². The normalized spacial score (nSPS) is 12.4. The number of hydrogen-bond donors (Lipinski definition) is 2. The number of hydrogen-bond acceptors (Lipinski definition) is 7. The van der Waals surface area contributed by atoms with Gasteiger partial charge in [0.1, 0.15) is 18.5 Å². The van der Waals surface area contributed by atoms with Crippen LogP contribution in [-0.4, -0.2) is 42.7 Å². The minimum atomic E-state index is -0.977. The van der Waals surface area contributed by atoms with Crippen LogP contribution in [0.25, 0.3) is 11.2 Å². The van der Waals surface area contributed by atoms with E-state index >= 15 is 0 Å². The van der Waals surface area contributed by atoms with Gasteiger partial charge in [-0.15, -0.1) is 0 Å². The van der Waals surface area contributed by atoms with Gasteiger partial charge < -0.3 is 14.4 Å². The highest BCUT2D eigenvalue weighted by atomic mass is 35.5. The third kappa shape index (κ3) is 5.13. The van der Waals surface area contributed by atoms with Crippen molar-refractivity contribution in [3.63, 3.8) is 0 Å². The fraction of sp³-hybridized carbons (Fsp3) is 0.250. The van der Waals surface area contributed by atoms with Crippen molar-refractivity contribution in [2.45, 2.75) is 19.6 Å². The molecule has 10 nitrogen and oxygen atoms in total. The number of aliphatic hydroxyl groups excluding tert-OH is 1. The Hall–Kier alpha value is -3.89. The lowest BCUT2D eigenvalue weighted by molar-refractivity contribution is 0.0935. The van der Waals surface area contributed by atoms with Gasteiger partial charge >= 0.3 is 5.69 Å². The smallest absolute Gasteiger partial charge is 0.332 e. The summed E-state index contributed by atoms with van der Waals surface area (Å²) in [4.78, 5) is 29.8. The molecule has 4 aromatic rings. The second-order valence-corrected chi connectivity index (χ2v) is 8.51. The van der Waals surface area contributed by atoms with E-state index in [1.165, 1.54) is 23.2 Å². The predicted octanol–water partition coefficient (Wildman–Crippen LogP) is 2.28. The molecule has 0 fully saturated rings. The van der Waals surface area contributed by atoms with E-state index < -0.39 is 17.4 Å². The Bertz CT molecular complexity index is 1500. The van der Waals surface area contributed by atoms with Crippen molar-refractivity contribution in [1.29, 1.82) is 0 Å². The molecule has 0 spiro atoms. The molecule has 4 rings (SSSR count). The number of fused-ring (bicyclic) bond motifs is 1. The van der Waals surface area contributed by atoms with Crippen LogP contribution in [0.4, 0.5) is 5.95 Å². The summed E-state index contributed by atoms with van der Waals surface area (Å²) in [6, 6.07) is 14.5. The van der Waals surface area contributed by atoms with Crippen LogP contribution in [0.3, 0.4) is 0 Å². The molecule has 2 aromatic heterocycles.